The monoisotopic (exact) mass is 202 g/mol. The van der Waals surface area contributed by atoms with Gasteiger partial charge in [0.25, 0.3) is 0 Å². The molecule has 0 aromatic rings. The van der Waals surface area contributed by atoms with E-state index < -0.39 is 0 Å². The highest BCUT2D eigenvalue weighted by Gasteiger charge is 2.25. The molecular formula is C12H26O2. The summed E-state index contributed by atoms with van der Waals surface area (Å²) in [6.07, 6.45) is 2.31. The molecular weight excluding hydrogens is 176 g/mol. The van der Waals surface area contributed by atoms with Gasteiger partial charge >= 0.3 is 0 Å². The molecule has 14 heavy (non-hydrogen) atoms. The molecule has 0 unspecified atom stereocenters. The molecule has 0 atom stereocenters. The van der Waals surface area contributed by atoms with E-state index in [1.165, 1.54) is 6.42 Å². The van der Waals surface area contributed by atoms with Gasteiger partial charge in [0.05, 0.1) is 17.8 Å². The first-order chi connectivity index (χ1) is 6.27. The number of rotatable bonds is 6. The average molecular weight is 202 g/mol. The van der Waals surface area contributed by atoms with Crippen molar-refractivity contribution in [3.8, 4) is 0 Å². The third-order valence-electron chi connectivity index (χ3n) is 1.67. The SMILES string of the molecule is CCCCOCC(C)(C)OC(C)(C)C. The Bertz CT molecular complexity index is 145. The zero-order chi connectivity index (χ0) is 11.2. The molecule has 0 aliphatic carbocycles. The number of ether oxygens (including phenoxy) is 2. The lowest BCUT2D eigenvalue weighted by Crippen LogP contribution is -2.38. The quantitative estimate of drug-likeness (QED) is 0.615. The Morgan fingerprint density at radius 3 is 2.00 bits per heavy atom. The lowest BCUT2D eigenvalue weighted by Gasteiger charge is -2.33. The van der Waals surface area contributed by atoms with E-state index in [0.717, 1.165) is 13.0 Å². The number of hydrogen-bond acceptors (Lipinski definition) is 2. The third-order valence-corrected chi connectivity index (χ3v) is 1.67. The van der Waals surface area contributed by atoms with Crippen molar-refractivity contribution in [2.24, 2.45) is 0 Å². The fraction of sp³-hybridized carbons (Fsp3) is 1.00. The molecule has 0 fully saturated rings. The Morgan fingerprint density at radius 2 is 1.57 bits per heavy atom. The molecule has 86 valence electrons. The van der Waals surface area contributed by atoms with Crippen molar-refractivity contribution < 1.29 is 9.47 Å². The first kappa shape index (κ1) is 13.9. The summed E-state index contributed by atoms with van der Waals surface area (Å²) >= 11 is 0. The van der Waals surface area contributed by atoms with Gasteiger partial charge in [-0.15, -0.1) is 0 Å². The third kappa shape index (κ3) is 8.52. The first-order valence-electron chi connectivity index (χ1n) is 5.55. The van der Waals surface area contributed by atoms with Gasteiger partial charge in [-0.2, -0.15) is 0 Å². The number of hydrogen-bond donors (Lipinski definition) is 0. The summed E-state index contributed by atoms with van der Waals surface area (Å²) in [4.78, 5) is 0. The molecule has 0 radical (unpaired) electrons. The van der Waals surface area contributed by atoms with Gasteiger partial charge in [-0.3, -0.25) is 0 Å². The summed E-state index contributed by atoms with van der Waals surface area (Å²) in [6.45, 7) is 14.0. The summed E-state index contributed by atoms with van der Waals surface area (Å²) in [5.41, 5.74) is -0.288. The average Bonchev–Trinajstić information content (AvgIpc) is 1.93. The second-order valence-corrected chi connectivity index (χ2v) is 5.38. The summed E-state index contributed by atoms with van der Waals surface area (Å²) in [5, 5.41) is 0. The van der Waals surface area contributed by atoms with Gasteiger partial charge < -0.3 is 9.47 Å². The van der Waals surface area contributed by atoms with E-state index in [2.05, 4.69) is 41.5 Å². The van der Waals surface area contributed by atoms with Gasteiger partial charge in [-0.1, -0.05) is 13.3 Å². The molecule has 0 heterocycles. The summed E-state index contributed by atoms with van der Waals surface area (Å²) < 4.78 is 11.4. The minimum absolute atomic E-state index is 0.0996. The fourth-order valence-corrected chi connectivity index (χ4v) is 1.42. The maximum absolute atomic E-state index is 5.88. The van der Waals surface area contributed by atoms with Crippen LogP contribution in [0.25, 0.3) is 0 Å². The Balaban J connectivity index is 3.72. The van der Waals surface area contributed by atoms with Gasteiger partial charge in [0.2, 0.25) is 0 Å². The molecule has 0 aromatic heterocycles. The number of unbranched alkanes of at least 4 members (excludes halogenated alkanes) is 1. The van der Waals surface area contributed by atoms with Crippen LogP contribution in [-0.4, -0.2) is 24.4 Å². The maximum atomic E-state index is 5.88. The maximum Gasteiger partial charge on any atom is 0.0866 e. The highest BCUT2D eigenvalue weighted by atomic mass is 16.6. The normalized spacial score (nSPS) is 13.3. The molecule has 0 saturated heterocycles. The summed E-state index contributed by atoms with van der Waals surface area (Å²) in [7, 11) is 0. The molecule has 0 aromatic carbocycles. The molecule has 0 aliphatic rings. The molecule has 0 saturated carbocycles. The van der Waals surface area contributed by atoms with Crippen LogP contribution in [0.1, 0.15) is 54.4 Å². The van der Waals surface area contributed by atoms with Gasteiger partial charge in [0.1, 0.15) is 0 Å². The smallest absolute Gasteiger partial charge is 0.0866 e. The van der Waals surface area contributed by atoms with E-state index >= 15 is 0 Å². The zero-order valence-electron chi connectivity index (χ0n) is 10.6. The van der Waals surface area contributed by atoms with Crippen molar-refractivity contribution in [3.05, 3.63) is 0 Å². The van der Waals surface area contributed by atoms with Gasteiger partial charge in [-0.25, -0.2) is 0 Å². The Kier molecular flexibility index (Phi) is 5.68. The second-order valence-electron chi connectivity index (χ2n) is 5.38. The largest absolute Gasteiger partial charge is 0.378 e. The minimum atomic E-state index is -0.189. The van der Waals surface area contributed by atoms with Gasteiger partial charge in [-0.05, 0) is 41.0 Å². The lowest BCUT2D eigenvalue weighted by atomic mass is 10.1. The molecule has 0 amide bonds. The standard InChI is InChI=1S/C12H26O2/c1-7-8-9-13-10-12(5,6)14-11(2,3)4/h7-10H2,1-6H3. The van der Waals surface area contributed by atoms with Crippen LogP contribution >= 0.6 is 0 Å². The molecule has 0 rings (SSSR count). The van der Waals surface area contributed by atoms with Crippen molar-refractivity contribution in [1.82, 2.24) is 0 Å². The van der Waals surface area contributed by atoms with Crippen LogP contribution in [-0.2, 0) is 9.47 Å². The van der Waals surface area contributed by atoms with Crippen molar-refractivity contribution in [3.63, 3.8) is 0 Å². The molecule has 0 bridgehead atoms. The van der Waals surface area contributed by atoms with Crippen molar-refractivity contribution >= 4 is 0 Å². The van der Waals surface area contributed by atoms with Crippen LogP contribution in [0.15, 0.2) is 0 Å². The van der Waals surface area contributed by atoms with Crippen LogP contribution in [0.5, 0.6) is 0 Å². The molecule has 2 nitrogen and oxygen atoms in total. The molecule has 2 heteroatoms. The highest BCUT2D eigenvalue weighted by molar-refractivity contribution is 4.73. The van der Waals surface area contributed by atoms with E-state index in [4.69, 9.17) is 9.47 Å². The Hall–Kier alpha value is -0.0800. The van der Waals surface area contributed by atoms with E-state index in [1.807, 2.05) is 0 Å². The van der Waals surface area contributed by atoms with Crippen molar-refractivity contribution in [2.75, 3.05) is 13.2 Å². The van der Waals surface area contributed by atoms with Crippen LogP contribution in [0.2, 0.25) is 0 Å². The van der Waals surface area contributed by atoms with Gasteiger partial charge in [0, 0.05) is 6.61 Å². The van der Waals surface area contributed by atoms with E-state index in [9.17, 15) is 0 Å². The highest BCUT2D eigenvalue weighted by Crippen LogP contribution is 2.19. The van der Waals surface area contributed by atoms with Crippen molar-refractivity contribution in [2.45, 2.75) is 65.6 Å². The van der Waals surface area contributed by atoms with E-state index in [1.54, 1.807) is 0 Å². The fourth-order valence-electron chi connectivity index (χ4n) is 1.42. The molecule has 0 spiro atoms. The van der Waals surface area contributed by atoms with Crippen molar-refractivity contribution in [1.29, 1.82) is 0 Å². The Labute approximate surface area is 89.0 Å². The predicted molar refractivity (Wildman–Crippen MR) is 60.6 cm³/mol. The van der Waals surface area contributed by atoms with Crippen LogP contribution in [0, 0.1) is 0 Å². The second kappa shape index (κ2) is 5.72. The zero-order valence-corrected chi connectivity index (χ0v) is 10.6. The van der Waals surface area contributed by atoms with E-state index in [-0.39, 0.29) is 11.2 Å². The van der Waals surface area contributed by atoms with Crippen LogP contribution in [0.3, 0.4) is 0 Å². The predicted octanol–water partition coefficient (Wildman–Crippen LogP) is 3.40. The minimum Gasteiger partial charge on any atom is -0.378 e. The summed E-state index contributed by atoms with van der Waals surface area (Å²) in [6, 6.07) is 0. The lowest BCUT2D eigenvalue weighted by molar-refractivity contribution is -0.143. The van der Waals surface area contributed by atoms with Crippen LogP contribution < -0.4 is 0 Å². The van der Waals surface area contributed by atoms with Gasteiger partial charge in [0.15, 0.2) is 0 Å². The van der Waals surface area contributed by atoms with E-state index in [0.29, 0.717) is 6.61 Å². The Morgan fingerprint density at radius 1 is 1.00 bits per heavy atom. The molecule has 0 aliphatic heterocycles. The molecule has 0 N–H and O–H groups in total. The van der Waals surface area contributed by atoms with Crippen LogP contribution in [0.4, 0.5) is 0 Å². The topological polar surface area (TPSA) is 18.5 Å². The summed E-state index contributed by atoms with van der Waals surface area (Å²) in [5.74, 6) is 0. The first-order valence-corrected chi connectivity index (χ1v) is 5.55.